The lowest BCUT2D eigenvalue weighted by molar-refractivity contribution is -0.351. The molecule has 1 amide bonds. The normalized spacial score (nSPS) is 15.2. The molecule has 0 aromatic heterocycles. The van der Waals surface area contributed by atoms with Crippen LogP contribution in [0.1, 0.15) is 11.1 Å². The van der Waals surface area contributed by atoms with Crippen LogP contribution in [0.5, 0.6) is 0 Å². The highest BCUT2D eigenvalue weighted by Crippen LogP contribution is 2.17. The molecule has 1 heterocycles. The highest BCUT2D eigenvalue weighted by molar-refractivity contribution is 7.82. The van der Waals surface area contributed by atoms with Gasteiger partial charge in [0.25, 0.3) is 0 Å². The summed E-state index contributed by atoms with van der Waals surface area (Å²) in [6.45, 7) is 3.99. The fraction of sp³-hybridized carbons (Fsp3) is 0.167. The second kappa shape index (κ2) is 4.06. The molecule has 0 fully saturated rings. The molecule has 1 aromatic carbocycles. The van der Waals surface area contributed by atoms with Crippen molar-refractivity contribution in [2.45, 2.75) is 13.8 Å². The maximum Gasteiger partial charge on any atom is 0.454 e. The van der Waals surface area contributed by atoms with Gasteiger partial charge in [0.1, 0.15) is 0 Å². The lowest BCUT2D eigenvalue weighted by Crippen LogP contribution is -2.27. The third-order valence-corrected chi connectivity index (χ3v) is 2.57. The maximum atomic E-state index is 11.8. The lowest BCUT2D eigenvalue weighted by Gasteiger charge is -2.04. The van der Waals surface area contributed by atoms with Crippen molar-refractivity contribution in [1.29, 1.82) is 0 Å². The third-order valence-electron chi connectivity index (χ3n) is 2.29. The van der Waals surface area contributed by atoms with Gasteiger partial charge in [0.05, 0.1) is 6.21 Å². The predicted molar refractivity (Wildman–Crippen MR) is 68.0 cm³/mol. The molecule has 3 nitrogen and oxygen atoms in total. The van der Waals surface area contributed by atoms with Gasteiger partial charge >= 0.3 is 5.91 Å². The summed E-state index contributed by atoms with van der Waals surface area (Å²) in [5.74, 6) is -0.248. The third kappa shape index (κ3) is 1.97. The molecule has 1 aromatic rings. The van der Waals surface area contributed by atoms with Crippen molar-refractivity contribution in [2.75, 3.05) is 0 Å². The zero-order valence-electron chi connectivity index (χ0n) is 9.10. The predicted octanol–water partition coefficient (Wildman–Crippen LogP) is 1.96. The summed E-state index contributed by atoms with van der Waals surface area (Å²) in [6.07, 6.45) is 3.17. The first-order valence-electron chi connectivity index (χ1n) is 4.91. The van der Waals surface area contributed by atoms with E-state index in [0.717, 1.165) is 16.8 Å². The number of benzene rings is 1. The van der Waals surface area contributed by atoms with E-state index in [9.17, 15) is 4.79 Å². The van der Waals surface area contributed by atoms with Crippen LogP contribution >= 0.6 is 12.2 Å². The van der Waals surface area contributed by atoms with Crippen molar-refractivity contribution in [3.63, 3.8) is 0 Å². The number of thiocarbonyl (C=S) groups is 1. The van der Waals surface area contributed by atoms with Crippen molar-refractivity contribution in [1.82, 2.24) is 0 Å². The minimum absolute atomic E-state index is 0.0988. The zero-order valence-corrected chi connectivity index (χ0v) is 9.91. The molecule has 0 spiro atoms. The molecule has 0 saturated heterocycles. The maximum absolute atomic E-state index is 11.8. The SMILES string of the molecule is Cc1cc(C)cc([N+]2=CC=NC(=S)C2=O)c1. The molecule has 1 aliphatic rings. The van der Waals surface area contributed by atoms with Crippen molar-refractivity contribution in [3.05, 3.63) is 29.3 Å². The first-order chi connectivity index (χ1) is 7.58. The summed E-state index contributed by atoms with van der Waals surface area (Å²) in [6, 6.07) is 5.96. The van der Waals surface area contributed by atoms with Crippen molar-refractivity contribution in [2.24, 2.45) is 4.99 Å². The van der Waals surface area contributed by atoms with Crippen LogP contribution in [-0.2, 0) is 4.79 Å². The number of aryl methyl sites for hydroxylation is 2. The van der Waals surface area contributed by atoms with Gasteiger partial charge in [-0.3, -0.25) is 0 Å². The van der Waals surface area contributed by atoms with E-state index in [1.807, 2.05) is 26.0 Å². The van der Waals surface area contributed by atoms with E-state index in [4.69, 9.17) is 12.2 Å². The van der Waals surface area contributed by atoms with Crippen LogP contribution in [0.3, 0.4) is 0 Å². The largest absolute Gasteiger partial charge is 0.454 e. The van der Waals surface area contributed by atoms with Crippen LogP contribution in [0.2, 0.25) is 0 Å². The molecule has 4 heteroatoms. The van der Waals surface area contributed by atoms with Gasteiger partial charge < -0.3 is 0 Å². The summed E-state index contributed by atoms with van der Waals surface area (Å²) in [4.78, 5) is 15.7. The highest BCUT2D eigenvalue weighted by Gasteiger charge is 2.27. The number of amides is 1. The number of nitrogens with zero attached hydrogens (tertiary/aromatic N) is 2. The Morgan fingerprint density at radius 3 is 2.44 bits per heavy atom. The molecule has 0 bridgehead atoms. The summed E-state index contributed by atoms with van der Waals surface area (Å²) in [5.41, 5.74) is 3.06. The zero-order chi connectivity index (χ0) is 11.7. The van der Waals surface area contributed by atoms with Gasteiger partial charge in [0.15, 0.2) is 6.21 Å². The molecule has 0 atom stereocenters. The molecule has 0 saturated carbocycles. The van der Waals surface area contributed by atoms with Gasteiger partial charge in [-0.25, -0.2) is 9.79 Å². The second-order valence-electron chi connectivity index (χ2n) is 3.75. The van der Waals surface area contributed by atoms with E-state index in [0.29, 0.717) is 0 Å². The lowest BCUT2D eigenvalue weighted by atomic mass is 10.1. The molecule has 1 aliphatic heterocycles. The first-order valence-corrected chi connectivity index (χ1v) is 5.32. The Morgan fingerprint density at radius 2 is 1.81 bits per heavy atom. The molecule has 2 rings (SSSR count). The standard InChI is InChI=1S/C12H11N2OS/c1-8-5-9(2)7-10(6-8)14-4-3-13-11(16)12(14)15/h3-7H,1-2H3/q+1. The average molecular weight is 231 g/mol. The van der Waals surface area contributed by atoms with Crippen LogP contribution < -0.4 is 0 Å². The van der Waals surface area contributed by atoms with Gasteiger partial charge in [-0.2, -0.15) is 0 Å². The molecular weight excluding hydrogens is 220 g/mol. The van der Waals surface area contributed by atoms with Gasteiger partial charge in [0, 0.05) is 12.1 Å². The number of carbonyl (C=O) groups is 1. The van der Waals surface area contributed by atoms with Gasteiger partial charge in [-0.1, -0.05) is 6.07 Å². The Hall–Kier alpha value is -1.68. The van der Waals surface area contributed by atoms with Crippen LogP contribution in [0.25, 0.3) is 0 Å². The van der Waals surface area contributed by atoms with Gasteiger partial charge in [0.2, 0.25) is 10.7 Å². The van der Waals surface area contributed by atoms with E-state index in [1.165, 1.54) is 4.58 Å². The number of hydrogen-bond donors (Lipinski definition) is 0. The second-order valence-corrected chi connectivity index (χ2v) is 4.14. The molecular formula is C12H11N2OS+. The Bertz CT molecular complexity index is 524. The smallest absolute Gasteiger partial charge is 0.229 e. The Kier molecular flexibility index (Phi) is 2.75. The van der Waals surface area contributed by atoms with E-state index in [-0.39, 0.29) is 10.9 Å². The minimum atomic E-state index is -0.248. The molecule has 0 unspecified atom stereocenters. The monoisotopic (exact) mass is 231 g/mol. The van der Waals surface area contributed by atoms with Crippen LogP contribution in [0.4, 0.5) is 5.69 Å². The van der Waals surface area contributed by atoms with E-state index in [2.05, 4.69) is 11.1 Å². The van der Waals surface area contributed by atoms with Crippen molar-refractivity contribution >= 4 is 41.2 Å². The average Bonchev–Trinajstić information content (AvgIpc) is 2.20. The number of aliphatic imine (C=N–C) groups is 1. The van der Waals surface area contributed by atoms with Gasteiger partial charge in [-0.05, 0) is 37.2 Å². The van der Waals surface area contributed by atoms with Crippen molar-refractivity contribution < 1.29 is 9.37 Å². The quantitative estimate of drug-likeness (QED) is 0.546. The summed E-state index contributed by atoms with van der Waals surface area (Å²) in [5, 5.41) is 0. The number of rotatable bonds is 1. The highest BCUT2D eigenvalue weighted by atomic mass is 32.1. The Labute approximate surface area is 99.1 Å². The summed E-state index contributed by atoms with van der Waals surface area (Å²) >= 11 is 4.86. The van der Waals surface area contributed by atoms with E-state index >= 15 is 0 Å². The fourth-order valence-electron chi connectivity index (χ4n) is 1.69. The molecule has 16 heavy (non-hydrogen) atoms. The first kappa shape index (κ1) is 10.8. The van der Waals surface area contributed by atoms with Crippen LogP contribution in [0.15, 0.2) is 23.2 Å². The number of hydrogen-bond acceptors (Lipinski definition) is 2. The van der Waals surface area contributed by atoms with Crippen LogP contribution in [0, 0.1) is 13.8 Å². The van der Waals surface area contributed by atoms with E-state index < -0.39 is 0 Å². The minimum Gasteiger partial charge on any atom is -0.229 e. The number of carbonyl (C=O) groups excluding carboxylic acids is 1. The topological polar surface area (TPSA) is 32.4 Å². The molecule has 0 aliphatic carbocycles. The van der Waals surface area contributed by atoms with Gasteiger partial charge in [-0.15, -0.1) is 4.58 Å². The summed E-state index contributed by atoms with van der Waals surface area (Å²) in [7, 11) is 0. The van der Waals surface area contributed by atoms with Crippen molar-refractivity contribution in [3.8, 4) is 0 Å². The Balaban J connectivity index is 2.52. The molecule has 0 radical (unpaired) electrons. The molecule has 80 valence electrons. The Morgan fingerprint density at radius 1 is 1.19 bits per heavy atom. The van der Waals surface area contributed by atoms with Crippen LogP contribution in [-0.4, -0.2) is 27.9 Å². The fourth-order valence-corrected chi connectivity index (χ4v) is 1.85. The van der Waals surface area contributed by atoms with E-state index in [1.54, 1.807) is 12.4 Å². The summed E-state index contributed by atoms with van der Waals surface area (Å²) < 4.78 is 1.52. The molecule has 0 N–H and O–H groups in total.